The number of nitrogens with zero attached hydrogens (tertiary/aromatic N) is 3. The Hall–Kier alpha value is -2.51. The van der Waals surface area contributed by atoms with E-state index in [0.717, 1.165) is 51.2 Å². The zero-order valence-electron chi connectivity index (χ0n) is 18.8. The monoisotopic (exact) mass is 510 g/mol. The van der Waals surface area contributed by atoms with Crippen LogP contribution >= 0.6 is 27.3 Å². The Kier molecular flexibility index (Phi) is 6.76. The molecule has 7 heteroatoms. The van der Waals surface area contributed by atoms with E-state index in [0.29, 0.717) is 5.82 Å². The summed E-state index contributed by atoms with van der Waals surface area (Å²) in [5.41, 5.74) is 3.14. The maximum Gasteiger partial charge on any atom is 0.162 e. The van der Waals surface area contributed by atoms with Crippen LogP contribution in [-0.2, 0) is 11.8 Å². The fraction of sp³-hybridized carbons (Fsp3) is 0.320. The van der Waals surface area contributed by atoms with E-state index in [1.807, 2.05) is 24.3 Å². The highest BCUT2D eigenvalue weighted by Crippen LogP contribution is 2.44. The van der Waals surface area contributed by atoms with Gasteiger partial charge in [-0.3, -0.25) is 4.98 Å². The molecule has 1 aromatic carbocycles. The molecule has 3 aromatic heterocycles. The van der Waals surface area contributed by atoms with Crippen molar-refractivity contribution in [1.29, 1.82) is 0 Å². The van der Waals surface area contributed by atoms with Crippen molar-refractivity contribution in [2.75, 3.05) is 19.0 Å². The smallest absolute Gasteiger partial charge is 0.162 e. The van der Waals surface area contributed by atoms with E-state index in [1.165, 1.54) is 10.4 Å². The second-order valence-electron chi connectivity index (χ2n) is 8.65. The van der Waals surface area contributed by atoms with E-state index >= 15 is 0 Å². The topological polar surface area (TPSA) is 59.9 Å². The zero-order valence-corrected chi connectivity index (χ0v) is 21.2. The van der Waals surface area contributed by atoms with E-state index in [9.17, 15) is 0 Å². The van der Waals surface area contributed by atoms with Gasteiger partial charge in [0.05, 0.1) is 16.3 Å². The van der Waals surface area contributed by atoms with Crippen LogP contribution in [-0.4, -0.2) is 28.6 Å². The minimum atomic E-state index is 0.0160. The van der Waals surface area contributed by atoms with E-state index in [-0.39, 0.29) is 5.41 Å². The van der Waals surface area contributed by atoms with Crippen molar-refractivity contribution >= 4 is 43.3 Å². The van der Waals surface area contributed by atoms with Crippen LogP contribution in [0.25, 0.3) is 21.6 Å². The highest BCUT2D eigenvalue weighted by Gasteiger charge is 2.25. The molecule has 0 fully saturated rings. The molecular formula is C25H27BrN4OS. The molecule has 0 aliphatic heterocycles. The number of pyridine rings is 1. The zero-order chi connectivity index (χ0) is 22.7. The quantitative estimate of drug-likeness (QED) is 0.275. The number of ether oxygens (including phenoxy) is 1. The molecule has 0 saturated carbocycles. The first kappa shape index (κ1) is 22.7. The van der Waals surface area contributed by atoms with Crippen LogP contribution in [0.3, 0.4) is 0 Å². The molecule has 0 amide bonds. The molecule has 1 N–H and O–H groups in total. The maximum atomic E-state index is 5.48. The Morgan fingerprint density at radius 3 is 2.53 bits per heavy atom. The van der Waals surface area contributed by atoms with Crippen LogP contribution < -0.4 is 10.1 Å². The van der Waals surface area contributed by atoms with Crippen molar-refractivity contribution in [3.8, 4) is 17.1 Å². The Bertz CT molecular complexity index is 1220. The third-order valence-corrected chi connectivity index (χ3v) is 7.85. The summed E-state index contributed by atoms with van der Waals surface area (Å²) < 4.78 is 7.62. The Balaban J connectivity index is 1.64. The van der Waals surface area contributed by atoms with Crippen LogP contribution in [0.5, 0.6) is 5.75 Å². The number of aryl methyl sites for hydroxylation is 1. The van der Waals surface area contributed by atoms with Crippen LogP contribution in [0.15, 0.2) is 53.3 Å². The third kappa shape index (κ3) is 4.79. The van der Waals surface area contributed by atoms with Gasteiger partial charge in [-0.2, -0.15) is 0 Å². The molecule has 0 atom stereocenters. The molecule has 4 rings (SSSR count). The molecule has 0 aliphatic rings. The molecule has 0 radical (unpaired) electrons. The standard InChI is InChI=1S/C25H27BrN4OS/c1-25(2,3)22-19(26)20-21(32-22)24(30-23(29-20)17-11-14-27-15-12-17)28-13-7-9-16-8-5-6-10-18(16)31-4/h5-6,8,10-12,14-15H,7,9,13H2,1-4H3,(H,28,29,30). The van der Waals surface area contributed by atoms with Gasteiger partial charge in [0.15, 0.2) is 5.82 Å². The first-order valence-electron chi connectivity index (χ1n) is 10.6. The average molecular weight is 511 g/mol. The number of rotatable bonds is 7. The molecule has 0 bridgehead atoms. The molecule has 4 aromatic rings. The van der Waals surface area contributed by atoms with Crippen molar-refractivity contribution < 1.29 is 4.74 Å². The molecule has 0 unspecified atom stereocenters. The number of halogens is 1. The summed E-state index contributed by atoms with van der Waals surface area (Å²) in [5.74, 6) is 2.52. The summed E-state index contributed by atoms with van der Waals surface area (Å²) in [6.07, 6.45) is 5.44. The fourth-order valence-corrected chi connectivity index (χ4v) is 5.99. The number of aromatic nitrogens is 3. The van der Waals surface area contributed by atoms with Crippen molar-refractivity contribution in [3.05, 3.63) is 63.7 Å². The van der Waals surface area contributed by atoms with Crippen LogP contribution in [0.2, 0.25) is 0 Å². The number of para-hydroxylation sites is 1. The van der Waals surface area contributed by atoms with Gasteiger partial charge in [-0.1, -0.05) is 39.0 Å². The summed E-state index contributed by atoms with van der Waals surface area (Å²) in [5, 5.41) is 3.58. The predicted molar refractivity (Wildman–Crippen MR) is 137 cm³/mol. The van der Waals surface area contributed by atoms with Gasteiger partial charge in [-0.05, 0) is 57.9 Å². The van der Waals surface area contributed by atoms with Crippen LogP contribution in [0.4, 0.5) is 5.82 Å². The van der Waals surface area contributed by atoms with Gasteiger partial charge in [0.2, 0.25) is 0 Å². The minimum absolute atomic E-state index is 0.0160. The SMILES string of the molecule is COc1ccccc1CCCNc1nc(-c2ccncc2)nc2c(Br)c(C(C)(C)C)sc12. The lowest BCUT2D eigenvalue weighted by molar-refractivity contribution is 0.409. The van der Waals surface area contributed by atoms with E-state index in [2.05, 4.69) is 59.1 Å². The van der Waals surface area contributed by atoms with Crippen molar-refractivity contribution in [2.45, 2.75) is 39.0 Å². The Labute approximate surface area is 201 Å². The summed E-state index contributed by atoms with van der Waals surface area (Å²) in [7, 11) is 1.72. The number of nitrogens with one attached hydrogen (secondary N) is 1. The third-order valence-electron chi connectivity index (χ3n) is 5.20. The molecule has 166 valence electrons. The lowest BCUT2D eigenvalue weighted by atomic mass is 9.95. The van der Waals surface area contributed by atoms with Gasteiger partial charge in [0.1, 0.15) is 17.1 Å². The fourth-order valence-electron chi connectivity index (χ4n) is 3.58. The average Bonchev–Trinajstić information content (AvgIpc) is 3.14. The minimum Gasteiger partial charge on any atom is -0.496 e. The van der Waals surface area contributed by atoms with Crippen molar-refractivity contribution in [2.24, 2.45) is 0 Å². The van der Waals surface area contributed by atoms with Crippen LogP contribution in [0.1, 0.15) is 37.6 Å². The largest absolute Gasteiger partial charge is 0.496 e. The molecule has 0 spiro atoms. The van der Waals surface area contributed by atoms with Crippen LogP contribution in [0, 0.1) is 0 Å². The van der Waals surface area contributed by atoms with E-state index in [1.54, 1.807) is 30.8 Å². The number of fused-ring (bicyclic) bond motifs is 1. The molecule has 32 heavy (non-hydrogen) atoms. The number of benzene rings is 1. The van der Waals surface area contributed by atoms with Gasteiger partial charge in [-0.25, -0.2) is 9.97 Å². The number of thiophene rings is 1. The molecular weight excluding hydrogens is 484 g/mol. The first-order valence-corrected chi connectivity index (χ1v) is 12.3. The lowest BCUT2D eigenvalue weighted by Gasteiger charge is -2.16. The molecule has 5 nitrogen and oxygen atoms in total. The van der Waals surface area contributed by atoms with E-state index < -0.39 is 0 Å². The van der Waals surface area contributed by atoms with Gasteiger partial charge < -0.3 is 10.1 Å². The first-order chi connectivity index (χ1) is 15.4. The summed E-state index contributed by atoms with van der Waals surface area (Å²) in [6.45, 7) is 7.47. The number of methoxy groups -OCH3 is 1. The van der Waals surface area contributed by atoms with Gasteiger partial charge in [0.25, 0.3) is 0 Å². The highest BCUT2D eigenvalue weighted by atomic mass is 79.9. The number of anilines is 1. The Morgan fingerprint density at radius 1 is 1.06 bits per heavy atom. The molecule has 3 heterocycles. The molecule has 0 aliphatic carbocycles. The summed E-state index contributed by atoms with van der Waals surface area (Å²) >= 11 is 5.58. The van der Waals surface area contributed by atoms with E-state index in [4.69, 9.17) is 14.7 Å². The van der Waals surface area contributed by atoms with Crippen molar-refractivity contribution in [3.63, 3.8) is 0 Å². The second-order valence-corrected chi connectivity index (χ2v) is 10.5. The predicted octanol–water partition coefficient (Wildman–Crippen LogP) is 6.87. The van der Waals surface area contributed by atoms with Gasteiger partial charge >= 0.3 is 0 Å². The number of hydrogen-bond donors (Lipinski definition) is 1. The molecule has 0 saturated heterocycles. The summed E-state index contributed by atoms with van der Waals surface area (Å²) in [6, 6.07) is 12.1. The van der Waals surface area contributed by atoms with Crippen molar-refractivity contribution in [1.82, 2.24) is 15.0 Å². The van der Waals surface area contributed by atoms with Gasteiger partial charge in [0, 0.05) is 29.4 Å². The summed E-state index contributed by atoms with van der Waals surface area (Å²) in [4.78, 5) is 15.2. The Morgan fingerprint density at radius 2 is 1.81 bits per heavy atom. The highest BCUT2D eigenvalue weighted by molar-refractivity contribution is 9.10. The van der Waals surface area contributed by atoms with Gasteiger partial charge in [-0.15, -0.1) is 11.3 Å². The lowest BCUT2D eigenvalue weighted by Crippen LogP contribution is -2.08. The second kappa shape index (κ2) is 9.55. The number of hydrogen-bond acceptors (Lipinski definition) is 6. The maximum absolute atomic E-state index is 5.48. The normalized spacial score (nSPS) is 11.7.